The highest BCUT2D eigenvalue weighted by Crippen LogP contribution is 2.31. The summed E-state index contributed by atoms with van der Waals surface area (Å²) in [7, 11) is -8.96. The van der Waals surface area contributed by atoms with Crippen LogP contribution in [-0.2, 0) is 20.0 Å². The van der Waals surface area contributed by atoms with Gasteiger partial charge >= 0.3 is 0 Å². The lowest BCUT2D eigenvalue weighted by molar-refractivity contribution is 0.186. The number of benzene rings is 1. The molecule has 0 saturated carbocycles. The van der Waals surface area contributed by atoms with E-state index < -0.39 is 42.5 Å². The minimum atomic E-state index is -4.56. The summed E-state index contributed by atoms with van der Waals surface area (Å²) in [5.41, 5.74) is 5.38. The van der Waals surface area contributed by atoms with Gasteiger partial charge in [0.15, 0.2) is 12.5 Å². The number of hydrogen-bond donors (Lipinski definition) is 4. The van der Waals surface area contributed by atoms with Crippen LogP contribution < -0.4 is 15.6 Å². The number of nitrogens with one attached hydrogen (secondary N) is 1. The van der Waals surface area contributed by atoms with E-state index in [2.05, 4.69) is 24.9 Å². The highest BCUT2D eigenvalue weighted by Gasteiger charge is 2.32. The number of rotatable bonds is 8. The van der Waals surface area contributed by atoms with E-state index in [9.17, 15) is 21.9 Å². The van der Waals surface area contributed by atoms with Crippen molar-refractivity contribution in [3.8, 4) is 5.69 Å². The second-order valence-electron chi connectivity index (χ2n) is 5.91. The summed E-state index contributed by atoms with van der Waals surface area (Å²) in [5, 5.41) is 22.4. The molecule has 0 fully saturated rings. The molecule has 1 aromatic carbocycles. The lowest BCUT2D eigenvalue weighted by Gasteiger charge is -2.17. The van der Waals surface area contributed by atoms with Crippen molar-refractivity contribution in [3.63, 3.8) is 0 Å². The van der Waals surface area contributed by atoms with Crippen molar-refractivity contribution in [2.75, 3.05) is 19.8 Å². The molecule has 2 heterocycles. The van der Waals surface area contributed by atoms with Crippen LogP contribution in [0.25, 0.3) is 5.69 Å². The zero-order chi connectivity index (χ0) is 21.2. The molecule has 1 aliphatic rings. The molecule has 15 heteroatoms. The van der Waals surface area contributed by atoms with Gasteiger partial charge in [-0.1, -0.05) is 0 Å². The first-order valence-corrected chi connectivity index (χ1v) is 11.2. The van der Waals surface area contributed by atoms with Crippen molar-refractivity contribution < 1.29 is 21.9 Å². The van der Waals surface area contributed by atoms with Gasteiger partial charge in [-0.05, 0) is 12.1 Å². The number of hydrogen-bond acceptors (Lipinski definition) is 10. The molecular weight excluding hydrogens is 424 g/mol. The van der Waals surface area contributed by atoms with E-state index in [1.54, 1.807) is 0 Å². The summed E-state index contributed by atoms with van der Waals surface area (Å²) in [5.74, 6) is -0.0863. The van der Waals surface area contributed by atoms with Gasteiger partial charge in [0.05, 0.1) is 23.7 Å². The average molecular weight is 442 g/mol. The third kappa shape index (κ3) is 4.39. The summed E-state index contributed by atoms with van der Waals surface area (Å²) in [4.78, 5) is 6.61. The number of aromatic nitrogens is 2. The summed E-state index contributed by atoms with van der Waals surface area (Å²) in [6.07, 6.45) is 3.23. The minimum absolute atomic E-state index is 0.0410. The monoisotopic (exact) mass is 442 g/mol. The van der Waals surface area contributed by atoms with Crippen molar-refractivity contribution in [2.45, 2.75) is 15.9 Å². The number of aliphatic imine (C=N–C) groups is 1. The smallest absolute Gasteiger partial charge is 0.242 e. The predicted molar refractivity (Wildman–Crippen MR) is 101 cm³/mol. The van der Waals surface area contributed by atoms with Crippen LogP contribution in [0.1, 0.15) is 5.56 Å². The van der Waals surface area contributed by atoms with Crippen molar-refractivity contribution >= 4 is 25.9 Å². The van der Waals surface area contributed by atoms with Gasteiger partial charge in [-0.2, -0.15) is 5.11 Å². The average Bonchev–Trinajstić information content (AvgIpc) is 3.37. The molecule has 29 heavy (non-hydrogen) atoms. The highest BCUT2D eigenvalue weighted by atomic mass is 32.2. The zero-order valence-corrected chi connectivity index (χ0v) is 16.5. The SMILES string of the molecule is NC[C@@H](O)CNS(=O)(=O)c1ccc(-n2ccnc2)c(C2=NCN=N2)c1S(N)(=O)=O. The molecule has 6 N–H and O–H groups in total. The standard InChI is InChI=1S/C14H18N8O5S2/c15-5-9(23)6-20-29(26,27)11-2-1-10(22-4-3-17-8-22)12(13(11)28(16,24)25)14-18-7-19-21-14/h1-4,8-9,20,23H,5-7,15H2,(H2,16,24,25)/t9-/m1/s1. The molecule has 0 unspecified atom stereocenters. The van der Waals surface area contributed by atoms with Gasteiger partial charge in [-0.25, -0.2) is 36.7 Å². The summed E-state index contributed by atoms with van der Waals surface area (Å²) >= 11 is 0. The summed E-state index contributed by atoms with van der Waals surface area (Å²) in [6, 6.07) is 2.46. The Kier molecular flexibility index (Phi) is 5.87. The Morgan fingerprint density at radius 1 is 1.28 bits per heavy atom. The number of aliphatic hydroxyl groups is 1. The Bertz CT molecular complexity index is 1170. The largest absolute Gasteiger partial charge is 0.390 e. The molecule has 1 aliphatic heterocycles. The molecule has 2 aromatic rings. The van der Waals surface area contributed by atoms with Crippen molar-refractivity contribution in [1.82, 2.24) is 14.3 Å². The first-order chi connectivity index (χ1) is 13.6. The quantitative estimate of drug-likeness (QED) is 0.371. The molecular formula is C14H18N8O5S2. The Morgan fingerprint density at radius 3 is 2.59 bits per heavy atom. The van der Waals surface area contributed by atoms with E-state index in [1.807, 2.05) is 0 Å². The molecule has 1 atom stereocenters. The fourth-order valence-corrected chi connectivity index (χ4v) is 5.27. The van der Waals surface area contributed by atoms with Crippen LogP contribution in [-0.4, -0.2) is 63.2 Å². The number of nitrogens with zero attached hydrogens (tertiary/aromatic N) is 5. The van der Waals surface area contributed by atoms with Gasteiger partial charge in [0.25, 0.3) is 0 Å². The van der Waals surface area contributed by atoms with E-state index >= 15 is 0 Å². The first-order valence-electron chi connectivity index (χ1n) is 8.13. The molecule has 0 spiro atoms. The lowest BCUT2D eigenvalue weighted by Crippen LogP contribution is -2.37. The van der Waals surface area contributed by atoms with E-state index in [0.717, 1.165) is 6.07 Å². The fourth-order valence-electron chi connectivity index (χ4n) is 2.60. The second-order valence-corrected chi connectivity index (χ2v) is 9.14. The van der Waals surface area contributed by atoms with Crippen LogP contribution in [0, 0.1) is 0 Å². The number of sulfonamides is 2. The summed E-state index contributed by atoms with van der Waals surface area (Å²) < 4.78 is 54.1. The Labute approximate surface area is 166 Å². The van der Waals surface area contributed by atoms with Crippen LogP contribution in [0.15, 0.2) is 55.9 Å². The number of amidine groups is 1. The van der Waals surface area contributed by atoms with Gasteiger partial charge in [-0.3, -0.25) is 0 Å². The molecule has 1 aromatic heterocycles. The van der Waals surface area contributed by atoms with Crippen molar-refractivity contribution in [1.29, 1.82) is 0 Å². The molecule has 0 bridgehead atoms. The number of azo groups is 1. The van der Waals surface area contributed by atoms with Crippen LogP contribution in [0.4, 0.5) is 0 Å². The molecule has 0 amide bonds. The maximum absolute atomic E-state index is 12.8. The molecule has 0 aliphatic carbocycles. The zero-order valence-electron chi connectivity index (χ0n) is 14.9. The maximum Gasteiger partial charge on any atom is 0.242 e. The Morgan fingerprint density at radius 2 is 2.03 bits per heavy atom. The van der Waals surface area contributed by atoms with Crippen LogP contribution in [0.2, 0.25) is 0 Å². The number of imidazole rings is 1. The second kappa shape index (κ2) is 8.05. The van der Waals surface area contributed by atoms with Crippen LogP contribution in [0.5, 0.6) is 0 Å². The fraction of sp³-hybridized carbons (Fsp3) is 0.286. The third-order valence-corrected chi connectivity index (χ3v) is 6.50. The lowest BCUT2D eigenvalue weighted by atomic mass is 10.1. The maximum atomic E-state index is 12.8. The van der Waals surface area contributed by atoms with Crippen LogP contribution >= 0.6 is 0 Å². The van der Waals surface area contributed by atoms with Crippen LogP contribution in [0.3, 0.4) is 0 Å². The topological polar surface area (TPSA) is 207 Å². The number of primary sulfonamides is 1. The Hall–Kier alpha value is -2.56. The normalized spacial score (nSPS) is 15.5. The van der Waals surface area contributed by atoms with Crippen molar-refractivity contribution in [2.24, 2.45) is 26.1 Å². The number of aliphatic hydroxyl groups excluding tert-OH is 1. The van der Waals surface area contributed by atoms with Gasteiger partial charge < -0.3 is 15.4 Å². The van der Waals surface area contributed by atoms with Crippen molar-refractivity contribution in [3.05, 3.63) is 36.4 Å². The van der Waals surface area contributed by atoms with E-state index in [1.165, 1.54) is 29.4 Å². The highest BCUT2D eigenvalue weighted by molar-refractivity contribution is 7.92. The molecule has 3 rings (SSSR count). The third-order valence-electron chi connectivity index (χ3n) is 3.91. The predicted octanol–water partition coefficient (Wildman–Crippen LogP) is -1.71. The molecule has 156 valence electrons. The Balaban J connectivity index is 2.29. The molecule has 0 saturated heterocycles. The van der Waals surface area contributed by atoms with Gasteiger partial charge in [0, 0.05) is 25.5 Å². The van der Waals surface area contributed by atoms with Gasteiger partial charge in [0.2, 0.25) is 20.0 Å². The van der Waals surface area contributed by atoms with E-state index in [-0.39, 0.29) is 30.3 Å². The minimum Gasteiger partial charge on any atom is -0.390 e. The molecule has 0 radical (unpaired) electrons. The van der Waals surface area contributed by atoms with Gasteiger partial charge in [0.1, 0.15) is 9.79 Å². The van der Waals surface area contributed by atoms with E-state index in [0.29, 0.717) is 0 Å². The molecule has 13 nitrogen and oxygen atoms in total. The van der Waals surface area contributed by atoms with Gasteiger partial charge in [-0.15, -0.1) is 5.11 Å². The number of nitrogens with two attached hydrogens (primary N) is 2. The first kappa shape index (κ1) is 21.2. The van der Waals surface area contributed by atoms with E-state index in [4.69, 9.17) is 10.9 Å². The summed E-state index contributed by atoms with van der Waals surface area (Å²) in [6.45, 7) is -0.643.